The van der Waals surface area contributed by atoms with Gasteiger partial charge in [0, 0.05) is 36.6 Å². The first-order valence-electron chi connectivity index (χ1n) is 10.8. The molecular weight excluding hydrogens is 489 g/mol. The zero-order valence-electron chi connectivity index (χ0n) is 17.2. The van der Waals surface area contributed by atoms with Crippen LogP contribution in [0.2, 0.25) is 0 Å². The van der Waals surface area contributed by atoms with E-state index >= 15 is 0 Å². The lowest BCUT2D eigenvalue weighted by molar-refractivity contribution is -0.125. The number of nitrogens with zero attached hydrogens (tertiary/aromatic N) is 1. The second-order valence-electron chi connectivity index (χ2n) is 9.22. The maximum absolute atomic E-state index is 11.7. The highest BCUT2D eigenvalue weighted by Crippen LogP contribution is 2.60. The Balaban J connectivity index is 0.00000225. The predicted octanol–water partition coefficient (Wildman–Crippen LogP) is 2.72. The van der Waals surface area contributed by atoms with E-state index in [0.717, 1.165) is 31.8 Å². The maximum Gasteiger partial charge on any atom is 0.191 e. The molecule has 4 rings (SSSR count). The molecule has 5 atom stereocenters. The monoisotopic (exact) mass is 525 g/mol. The molecule has 0 amide bonds. The first-order valence-corrected chi connectivity index (χ1v) is 12.7. The normalized spacial score (nSPS) is 36.4. The number of hydrogen-bond donors (Lipinski definition) is 2. The van der Waals surface area contributed by atoms with Gasteiger partial charge in [0.25, 0.3) is 0 Å². The van der Waals surface area contributed by atoms with Gasteiger partial charge < -0.3 is 15.4 Å². The molecule has 4 fully saturated rings. The molecule has 5 unspecified atom stereocenters. The summed E-state index contributed by atoms with van der Waals surface area (Å²) in [5.74, 6) is 2.24. The molecule has 0 bridgehead atoms. The van der Waals surface area contributed by atoms with Crippen molar-refractivity contribution in [1.29, 1.82) is 0 Å². The third kappa shape index (κ3) is 4.33. The molecule has 2 saturated carbocycles. The lowest BCUT2D eigenvalue weighted by Gasteiger charge is -2.57. The standard InChI is InChI=1S/C20H35N3O3S.HI/c1-3-14(2)22-19(21-12-15-7-11-27(24,25)13-15)23-17-16-6-10-26-18(16)20(17)8-4-5-9-20;/h14-18H,3-13H2,1-2H3,(H2,21,22,23);1H. The molecule has 0 aromatic rings. The van der Waals surface area contributed by atoms with Crippen LogP contribution in [0.1, 0.15) is 58.8 Å². The van der Waals surface area contributed by atoms with Crippen molar-refractivity contribution in [3.05, 3.63) is 0 Å². The first kappa shape index (κ1) is 22.6. The van der Waals surface area contributed by atoms with Crippen LogP contribution in [0.25, 0.3) is 0 Å². The highest BCUT2D eigenvalue weighted by Gasteiger charge is 2.65. The molecule has 0 aromatic carbocycles. The average molecular weight is 525 g/mol. The summed E-state index contributed by atoms with van der Waals surface area (Å²) in [6.45, 7) is 5.82. The number of fused-ring (bicyclic) bond motifs is 2. The van der Waals surface area contributed by atoms with Crippen LogP contribution in [0.15, 0.2) is 4.99 Å². The minimum Gasteiger partial charge on any atom is -0.377 e. The smallest absolute Gasteiger partial charge is 0.191 e. The van der Waals surface area contributed by atoms with Gasteiger partial charge in [-0.1, -0.05) is 19.8 Å². The van der Waals surface area contributed by atoms with Gasteiger partial charge in [-0.05, 0) is 44.9 Å². The van der Waals surface area contributed by atoms with Crippen molar-refractivity contribution in [3.8, 4) is 0 Å². The molecule has 2 aliphatic carbocycles. The fourth-order valence-corrected chi connectivity index (χ4v) is 7.61. The molecule has 0 radical (unpaired) electrons. The molecule has 2 N–H and O–H groups in total. The van der Waals surface area contributed by atoms with E-state index in [1.54, 1.807) is 0 Å². The van der Waals surface area contributed by atoms with E-state index in [4.69, 9.17) is 9.73 Å². The molecule has 162 valence electrons. The Morgan fingerprint density at radius 2 is 2.04 bits per heavy atom. The lowest BCUT2D eigenvalue weighted by atomic mass is 9.54. The van der Waals surface area contributed by atoms with E-state index in [2.05, 4.69) is 24.5 Å². The van der Waals surface area contributed by atoms with Gasteiger partial charge in [0.2, 0.25) is 0 Å². The van der Waals surface area contributed by atoms with Crippen LogP contribution in [-0.4, -0.2) is 57.2 Å². The number of hydrogen-bond acceptors (Lipinski definition) is 4. The van der Waals surface area contributed by atoms with Gasteiger partial charge in [-0.3, -0.25) is 4.99 Å². The molecule has 2 aliphatic heterocycles. The van der Waals surface area contributed by atoms with E-state index in [9.17, 15) is 8.42 Å². The van der Waals surface area contributed by atoms with Gasteiger partial charge in [0.1, 0.15) is 0 Å². The van der Waals surface area contributed by atoms with E-state index in [1.807, 2.05) is 0 Å². The maximum atomic E-state index is 11.7. The zero-order chi connectivity index (χ0) is 19.1. The Morgan fingerprint density at radius 1 is 1.29 bits per heavy atom. The average Bonchev–Trinajstić information content (AvgIpc) is 3.35. The quantitative estimate of drug-likeness (QED) is 0.328. The van der Waals surface area contributed by atoms with Crippen molar-refractivity contribution in [3.63, 3.8) is 0 Å². The van der Waals surface area contributed by atoms with Crippen molar-refractivity contribution in [2.45, 2.75) is 77.0 Å². The summed E-state index contributed by atoms with van der Waals surface area (Å²) in [6, 6.07) is 0.786. The Hall–Kier alpha value is -0.0900. The van der Waals surface area contributed by atoms with Crippen molar-refractivity contribution < 1.29 is 13.2 Å². The van der Waals surface area contributed by atoms with Gasteiger partial charge in [0.05, 0.1) is 17.6 Å². The van der Waals surface area contributed by atoms with Crippen LogP contribution in [0.4, 0.5) is 0 Å². The summed E-state index contributed by atoms with van der Waals surface area (Å²) in [5.41, 5.74) is 0.287. The third-order valence-electron chi connectivity index (χ3n) is 7.41. The second kappa shape index (κ2) is 8.96. The highest BCUT2D eigenvalue weighted by atomic mass is 127. The van der Waals surface area contributed by atoms with Crippen LogP contribution < -0.4 is 10.6 Å². The minimum atomic E-state index is -2.84. The number of aliphatic imine (C=N–C) groups is 1. The van der Waals surface area contributed by atoms with Gasteiger partial charge in [-0.2, -0.15) is 0 Å². The SMILES string of the molecule is CCC(C)NC(=NCC1CCS(=O)(=O)C1)NC1C2CCOC2C12CCCC2.I. The van der Waals surface area contributed by atoms with E-state index in [-0.39, 0.29) is 35.3 Å². The molecule has 2 saturated heterocycles. The van der Waals surface area contributed by atoms with Gasteiger partial charge >= 0.3 is 0 Å². The molecule has 28 heavy (non-hydrogen) atoms. The van der Waals surface area contributed by atoms with E-state index in [1.165, 1.54) is 25.7 Å². The fraction of sp³-hybridized carbons (Fsp3) is 0.950. The minimum absolute atomic E-state index is 0. The summed E-state index contributed by atoms with van der Waals surface area (Å²) < 4.78 is 29.6. The van der Waals surface area contributed by atoms with E-state index in [0.29, 0.717) is 42.2 Å². The summed E-state index contributed by atoms with van der Waals surface area (Å²) in [5, 5.41) is 7.32. The number of nitrogens with one attached hydrogen (secondary N) is 2. The molecular formula is C20H36IN3O3S. The Labute approximate surface area is 187 Å². The number of rotatable bonds is 5. The second-order valence-corrected chi connectivity index (χ2v) is 11.4. The fourth-order valence-electron chi connectivity index (χ4n) is 5.76. The van der Waals surface area contributed by atoms with Gasteiger partial charge in [-0.25, -0.2) is 8.42 Å². The van der Waals surface area contributed by atoms with Crippen LogP contribution in [-0.2, 0) is 14.6 Å². The Morgan fingerprint density at radius 3 is 2.68 bits per heavy atom. The number of sulfone groups is 1. The van der Waals surface area contributed by atoms with Gasteiger partial charge in [0.15, 0.2) is 15.8 Å². The van der Waals surface area contributed by atoms with Gasteiger partial charge in [-0.15, -0.1) is 24.0 Å². The molecule has 4 aliphatic rings. The number of ether oxygens (including phenoxy) is 1. The summed E-state index contributed by atoms with van der Waals surface area (Å²) in [4.78, 5) is 4.84. The van der Waals surface area contributed by atoms with Crippen molar-refractivity contribution >= 4 is 39.8 Å². The third-order valence-corrected chi connectivity index (χ3v) is 9.25. The first-order chi connectivity index (χ1) is 12.9. The summed E-state index contributed by atoms with van der Waals surface area (Å²) in [7, 11) is -2.84. The largest absolute Gasteiger partial charge is 0.377 e. The highest BCUT2D eigenvalue weighted by molar-refractivity contribution is 14.0. The molecule has 1 spiro atoms. The van der Waals surface area contributed by atoms with Crippen molar-refractivity contribution in [2.75, 3.05) is 24.7 Å². The number of guanidine groups is 1. The van der Waals surface area contributed by atoms with Crippen LogP contribution in [0.3, 0.4) is 0 Å². The lowest BCUT2D eigenvalue weighted by Crippen LogP contribution is -2.69. The topological polar surface area (TPSA) is 79.8 Å². The van der Waals surface area contributed by atoms with Crippen molar-refractivity contribution in [2.24, 2.45) is 22.2 Å². The molecule has 6 nitrogen and oxygen atoms in total. The van der Waals surface area contributed by atoms with Crippen molar-refractivity contribution in [1.82, 2.24) is 10.6 Å². The summed E-state index contributed by atoms with van der Waals surface area (Å²) >= 11 is 0. The van der Waals surface area contributed by atoms with E-state index < -0.39 is 9.84 Å². The Kier molecular flexibility index (Phi) is 7.23. The Bertz CT molecular complexity index is 678. The van der Waals surface area contributed by atoms with Crippen LogP contribution >= 0.6 is 24.0 Å². The van der Waals surface area contributed by atoms with Crippen LogP contribution in [0, 0.1) is 17.3 Å². The van der Waals surface area contributed by atoms with Crippen LogP contribution in [0.5, 0.6) is 0 Å². The molecule has 2 heterocycles. The number of halogens is 1. The predicted molar refractivity (Wildman–Crippen MR) is 123 cm³/mol. The zero-order valence-corrected chi connectivity index (χ0v) is 20.3. The molecule has 0 aromatic heterocycles. The molecule has 8 heteroatoms. The summed E-state index contributed by atoms with van der Waals surface area (Å²) in [6.07, 6.45) is 8.46.